The first-order valence-corrected chi connectivity index (χ1v) is 9.73. The first-order valence-electron chi connectivity index (χ1n) is 8.85. The monoisotopic (exact) mass is 354 g/mol. The molecule has 1 aromatic rings. The van der Waals surface area contributed by atoms with E-state index < -0.39 is 0 Å². The molecule has 1 saturated heterocycles. The van der Waals surface area contributed by atoms with Crippen molar-refractivity contribution in [2.24, 2.45) is 10.4 Å². The van der Waals surface area contributed by atoms with Crippen molar-refractivity contribution in [3.8, 4) is 0 Å². The second kappa shape index (κ2) is 9.96. The van der Waals surface area contributed by atoms with Gasteiger partial charge in [0.25, 0.3) is 0 Å². The van der Waals surface area contributed by atoms with Crippen LogP contribution in [0.3, 0.4) is 0 Å². The number of aryl methyl sites for hydroxylation is 1. The Morgan fingerprint density at radius 1 is 1.46 bits per heavy atom. The third-order valence-electron chi connectivity index (χ3n) is 4.32. The molecule has 1 aliphatic heterocycles. The highest BCUT2D eigenvalue weighted by molar-refractivity contribution is 7.09. The number of rotatable bonds is 9. The fourth-order valence-corrected chi connectivity index (χ4v) is 3.59. The lowest BCUT2D eigenvalue weighted by Crippen LogP contribution is -2.39. The quantitative estimate of drug-likeness (QED) is 0.464. The van der Waals surface area contributed by atoms with Gasteiger partial charge in [-0.3, -0.25) is 4.99 Å². The van der Waals surface area contributed by atoms with Gasteiger partial charge < -0.3 is 20.5 Å². The minimum absolute atomic E-state index is 0.0119. The number of ether oxygens (including phenoxy) is 1. The van der Waals surface area contributed by atoms with Crippen LogP contribution >= 0.6 is 11.3 Å². The van der Waals surface area contributed by atoms with E-state index in [4.69, 9.17) is 9.73 Å². The van der Waals surface area contributed by atoms with Gasteiger partial charge in [-0.05, 0) is 26.2 Å². The number of thiazole rings is 1. The predicted octanol–water partition coefficient (Wildman–Crippen LogP) is 1.59. The molecule has 136 valence electrons. The average molecular weight is 355 g/mol. The maximum Gasteiger partial charge on any atom is 0.191 e. The first kappa shape index (κ1) is 19.1. The Bertz CT molecular complexity index is 512. The molecule has 0 aliphatic carbocycles. The van der Waals surface area contributed by atoms with Crippen LogP contribution < -0.4 is 10.6 Å². The van der Waals surface area contributed by atoms with Gasteiger partial charge in [0.2, 0.25) is 0 Å². The number of hydrogen-bond donors (Lipinski definition) is 3. The molecular formula is C17H30N4O2S. The summed E-state index contributed by atoms with van der Waals surface area (Å²) in [6.45, 7) is 8.15. The van der Waals surface area contributed by atoms with Gasteiger partial charge in [-0.25, -0.2) is 4.98 Å². The minimum atomic E-state index is -0.0119. The van der Waals surface area contributed by atoms with Crippen molar-refractivity contribution in [1.29, 1.82) is 0 Å². The second-order valence-electron chi connectivity index (χ2n) is 6.23. The van der Waals surface area contributed by atoms with Crippen LogP contribution in [0.4, 0.5) is 0 Å². The zero-order valence-corrected chi connectivity index (χ0v) is 15.6. The molecule has 0 aromatic carbocycles. The van der Waals surface area contributed by atoms with Crippen LogP contribution in [0.1, 0.15) is 37.4 Å². The SMILES string of the molecule is CCNC(=NCC1(CCO)CCOC1)NCCc1csc(CC)n1. The number of nitrogens with one attached hydrogen (secondary N) is 2. The highest BCUT2D eigenvalue weighted by Crippen LogP contribution is 2.32. The van der Waals surface area contributed by atoms with Crippen molar-refractivity contribution >= 4 is 17.3 Å². The molecule has 0 bridgehead atoms. The van der Waals surface area contributed by atoms with E-state index in [1.54, 1.807) is 11.3 Å². The molecule has 24 heavy (non-hydrogen) atoms. The van der Waals surface area contributed by atoms with Crippen LogP contribution in [-0.4, -0.2) is 55.5 Å². The molecular weight excluding hydrogens is 324 g/mol. The third kappa shape index (κ3) is 5.72. The van der Waals surface area contributed by atoms with Crippen molar-refractivity contribution < 1.29 is 9.84 Å². The molecule has 0 saturated carbocycles. The van der Waals surface area contributed by atoms with Gasteiger partial charge >= 0.3 is 0 Å². The number of guanidine groups is 1. The summed E-state index contributed by atoms with van der Waals surface area (Å²) in [7, 11) is 0. The van der Waals surface area contributed by atoms with E-state index >= 15 is 0 Å². The Morgan fingerprint density at radius 2 is 2.33 bits per heavy atom. The maximum absolute atomic E-state index is 9.31. The molecule has 1 aromatic heterocycles. The summed E-state index contributed by atoms with van der Waals surface area (Å²) in [5.41, 5.74) is 1.13. The fourth-order valence-electron chi connectivity index (χ4n) is 2.81. The smallest absolute Gasteiger partial charge is 0.191 e. The van der Waals surface area contributed by atoms with Crippen molar-refractivity contribution in [2.45, 2.75) is 39.5 Å². The average Bonchev–Trinajstić information content (AvgIpc) is 3.23. The van der Waals surface area contributed by atoms with Gasteiger partial charge in [-0.2, -0.15) is 0 Å². The lowest BCUT2D eigenvalue weighted by atomic mass is 9.84. The summed E-state index contributed by atoms with van der Waals surface area (Å²) in [4.78, 5) is 9.31. The summed E-state index contributed by atoms with van der Waals surface area (Å²) in [6, 6.07) is 0. The Labute approximate surface area is 148 Å². The number of aliphatic hydroxyl groups is 1. The number of hydrogen-bond acceptors (Lipinski definition) is 5. The molecule has 6 nitrogen and oxygen atoms in total. The van der Waals surface area contributed by atoms with Crippen LogP contribution in [0.2, 0.25) is 0 Å². The lowest BCUT2D eigenvalue weighted by Gasteiger charge is -2.24. The maximum atomic E-state index is 9.31. The minimum Gasteiger partial charge on any atom is -0.396 e. The molecule has 1 fully saturated rings. The summed E-state index contributed by atoms with van der Waals surface area (Å²) in [5, 5.41) is 19.3. The van der Waals surface area contributed by atoms with E-state index in [1.165, 1.54) is 5.01 Å². The molecule has 7 heteroatoms. The van der Waals surface area contributed by atoms with Gasteiger partial charge in [-0.15, -0.1) is 11.3 Å². The highest BCUT2D eigenvalue weighted by Gasteiger charge is 2.34. The third-order valence-corrected chi connectivity index (χ3v) is 5.36. The molecule has 3 N–H and O–H groups in total. The molecule has 1 atom stereocenters. The highest BCUT2D eigenvalue weighted by atomic mass is 32.1. The van der Waals surface area contributed by atoms with Gasteiger partial charge in [0.15, 0.2) is 5.96 Å². The number of nitrogens with zero attached hydrogens (tertiary/aromatic N) is 2. The van der Waals surface area contributed by atoms with E-state index in [9.17, 15) is 5.11 Å². The first-order chi connectivity index (χ1) is 11.7. The van der Waals surface area contributed by atoms with E-state index in [2.05, 4.69) is 34.8 Å². The second-order valence-corrected chi connectivity index (χ2v) is 7.18. The van der Waals surface area contributed by atoms with E-state index in [0.29, 0.717) is 13.2 Å². The van der Waals surface area contributed by atoms with E-state index in [-0.39, 0.29) is 12.0 Å². The van der Waals surface area contributed by atoms with Crippen LogP contribution in [0.5, 0.6) is 0 Å². The Hall–Kier alpha value is -1.18. The van der Waals surface area contributed by atoms with Crippen molar-refractivity contribution in [1.82, 2.24) is 15.6 Å². The van der Waals surface area contributed by atoms with Gasteiger partial charge in [0.1, 0.15) is 0 Å². The van der Waals surface area contributed by atoms with Crippen molar-refractivity contribution in [3.63, 3.8) is 0 Å². The number of aromatic nitrogens is 1. The van der Waals surface area contributed by atoms with Crippen molar-refractivity contribution in [2.75, 3.05) is 39.5 Å². The summed E-state index contributed by atoms with van der Waals surface area (Å²) < 4.78 is 5.53. The molecule has 1 aliphatic rings. The van der Waals surface area contributed by atoms with Crippen molar-refractivity contribution in [3.05, 3.63) is 16.1 Å². The molecule has 2 heterocycles. The zero-order valence-electron chi connectivity index (χ0n) is 14.8. The summed E-state index contributed by atoms with van der Waals surface area (Å²) >= 11 is 1.73. The van der Waals surface area contributed by atoms with Crippen LogP contribution in [0.25, 0.3) is 0 Å². The standard InChI is InChI=1S/C17H30N4O2S/c1-3-15-21-14(11-24-15)5-8-19-16(18-4-2)20-12-17(6-9-22)7-10-23-13-17/h11,22H,3-10,12-13H2,1-2H3,(H2,18,19,20). The van der Waals surface area contributed by atoms with E-state index in [1.807, 2.05) is 0 Å². The molecule has 0 spiro atoms. The number of aliphatic imine (C=N–C) groups is 1. The number of aliphatic hydroxyl groups excluding tert-OH is 1. The van der Waals surface area contributed by atoms with E-state index in [0.717, 1.165) is 57.0 Å². The Kier molecular flexibility index (Phi) is 7.94. The molecule has 0 radical (unpaired) electrons. The van der Waals surface area contributed by atoms with Gasteiger partial charge in [0, 0.05) is 43.5 Å². The topological polar surface area (TPSA) is 78.8 Å². The Balaban J connectivity index is 1.85. The predicted molar refractivity (Wildman–Crippen MR) is 98.7 cm³/mol. The summed E-state index contributed by atoms with van der Waals surface area (Å²) in [6.07, 6.45) is 3.60. The normalized spacial score (nSPS) is 21.2. The molecule has 2 rings (SSSR count). The largest absolute Gasteiger partial charge is 0.396 e. The fraction of sp³-hybridized carbons (Fsp3) is 0.765. The van der Waals surface area contributed by atoms with Crippen LogP contribution in [-0.2, 0) is 17.6 Å². The molecule has 0 amide bonds. The van der Waals surface area contributed by atoms with Gasteiger partial charge in [-0.1, -0.05) is 6.92 Å². The van der Waals surface area contributed by atoms with Crippen LogP contribution in [0, 0.1) is 5.41 Å². The zero-order chi connectivity index (χ0) is 17.3. The van der Waals surface area contributed by atoms with Crippen LogP contribution in [0.15, 0.2) is 10.4 Å². The lowest BCUT2D eigenvalue weighted by molar-refractivity contribution is 0.131. The Morgan fingerprint density at radius 3 is 2.96 bits per heavy atom. The summed E-state index contributed by atoms with van der Waals surface area (Å²) in [5.74, 6) is 0.827. The van der Waals surface area contributed by atoms with Gasteiger partial charge in [0.05, 0.1) is 23.9 Å². The molecule has 1 unspecified atom stereocenters.